The van der Waals surface area contributed by atoms with Crippen molar-refractivity contribution in [3.63, 3.8) is 0 Å². The summed E-state index contributed by atoms with van der Waals surface area (Å²) >= 11 is 1.63. The molecule has 0 spiro atoms. The van der Waals surface area contributed by atoms with Crippen LogP contribution < -0.4 is 10.6 Å². The number of nitrogens with one attached hydrogen (secondary N) is 2. The molecule has 1 fully saturated rings. The second kappa shape index (κ2) is 10.3. The highest BCUT2D eigenvalue weighted by Crippen LogP contribution is 2.33. The Balaban J connectivity index is 1.32. The molecule has 2 aromatic carbocycles. The molecule has 2 heterocycles. The molecular weight excluding hydrogens is 406 g/mol. The summed E-state index contributed by atoms with van der Waals surface area (Å²) in [6, 6.07) is 18.9. The monoisotopic (exact) mass is 437 g/mol. The van der Waals surface area contributed by atoms with Gasteiger partial charge in [-0.1, -0.05) is 48.0 Å². The minimum atomic E-state index is -0.575. The van der Waals surface area contributed by atoms with Crippen LogP contribution in [0.1, 0.15) is 41.1 Å². The molecule has 5 nitrogen and oxygen atoms in total. The van der Waals surface area contributed by atoms with Crippen molar-refractivity contribution >= 4 is 27.4 Å². The molecule has 31 heavy (non-hydrogen) atoms. The van der Waals surface area contributed by atoms with Gasteiger partial charge >= 0.3 is 0 Å². The Morgan fingerprint density at radius 3 is 2.77 bits per heavy atom. The number of aliphatic hydroxyl groups excluding tert-OH is 1. The van der Waals surface area contributed by atoms with Gasteiger partial charge in [-0.25, -0.2) is 0 Å². The van der Waals surface area contributed by atoms with Crippen LogP contribution in [0.15, 0.2) is 59.6 Å². The highest BCUT2D eigenvalue weighted by Gasteiger charge is 2.27. The predicted molar refractivity (Wildman–Crippen MR) is 129 cm³/mol. The number of thiophene rings is 1. The van der Waals surface area contributed by atoms with Gasteiger partial charge in [0.15, 0.2) is 5.96 Å². The van der Waals surface area contributed by atoms with Gasteiger partial charge in [0.2, 0.25) is 0 Å². The number of nitrogens with zero attached hydrogens (tertiary/aromatic N) is 1. The van der Waals surface area contributed by atoms with Gasteiger partial charge in [-0.2, -0.15) is 0 Å². The van der Waals surface area contributed by atoms with E-state index in [2.05, 4.69) is 65.0 Å². The quantitative estimate of drug-likeness (QED) is 0.390. The van der Waals surface area contributed by atoms with E-state index >= 15 is 0 Å². The Morgan fingerprint density at radius 1 is 1.19 bits per heavy atom. The van der Waals surface area contributed by atoms with E-state index < -0.39 is 6.10 Å². The van der Waals surface area contributed by atoms with E-state index in [9.17, 15) is 5.11 Å². The number of hydrogen-bond donors (Lipinski definition) is 3. The minimum absolute atomic E-state index is 0.101. The van der Waals surface area contributed by atoms with Crippen LogP contribution in [0.4, 0.5) is 0 Å². The maximum absolute atomic E-state index is 10.6. The lowest BCUT2D eigenvalue weighted by Crippen LogP contribution is -2.43. The number of rotatable bonds is 6. The van der Waals surface area contributed by atoms with Gasteiger partial charge in [0.25, 0.3) is 0 Å². The Bertz CT molecular complexity index is 982. The van der Waals surface area contributed by atoms with Crippen LogP contribution in [-0.2, 0) is 4.74 Å². The Hall–Kier alpha value is -2.41. The van der Waals surface area contributed by atoms with Gasteiger partial charge in [-0.15, -0.1) is 11.3 Å². The van der Waals surface area contributed by atoms with E-state index in [1.807, 2.05) is 12.1 Å². The molecule has 0 amide bonds. The summed E-state index contributed by atoms with van der Waals surface area (Å²) in [5.41, 5.74) is 2.50. The first-order valence-corrected chi connectivity index (χ1v) is 11.7. The summed E-state index contributed by atoms with van der Waals surface area (Å²) in [5.74, 6) is 1.08. The molecule has 0 bridgehead atoms. The van der Waals surface area contributed by atoms with E-state index in [1.165, 1.54) is 21.2 Å². The van der Waals surface area contributed by atoms with Crippen molar-refractivity contribution in [3.05, 3.63) is 70.6 Å². The number of hydrogen-bond acceptors (Lipinski definition) is 4. The van der Waals surface area contributed by atoms with Crippen LogP contribution in [0.25, 0.3) is 10.1 Å². The van der Waals surface area contributed by atoms with Crippen LogP contribution in [0.2, 0.25) is 0 Å². The van der Waals surface area contributed by atoms with Gasteiger partial charge in [0.1, 0.15) is 6.10 Å². The zero-order valence-electron chi connectivity index (χ0n) is 18.2. The van der Waals surface area contributed by atoms with Crippen LogP contribution in [0.5, 0.6) is 0 Å². The number of benzene rings is 2. The normalized spacial score (nSPS) is 20.5. The van der Waals surface area contributed by atoms with Crippen molar-refractivity contribution in [1.29, 1.82) is 0 Å². The molecule has 164 valence electrons. The topological polar surface area (TPSA) is 65.9 Å². The molecule has 6 heteroatoms. The van der Waals surface area contributed by atoms with Crippen molar-refractivity contribution in [2.45, 2.75) is 32.0 Å². The molecule has 3 unspecified atom stereocenters. The minimum Gasteiger partial charge on any atom is -0.386 e. The summed E-state index contributed by atoms with van der Waals surface area (Å²) in [6.45, 7) is 4.10. The first kappa shape index (κ1) is 21.8. The standard InChI is InChI=1S/C25H31N3O2S/c1-17-9-11-18(12-10-17)24-20(7-5-13-30-24)15-27-25(26-2)28-16-21(29)23-14-19-6-3-4-8-22(19)31-23/h3-4,6,8-12,14,20-21,24,29H,5,7,13,15-16H2,1-2H3,(H2,26,27,28). The van der Waals surface area contributed by atoms with Gasteiger partial charge in [0.05, 0.1) is 6.10 Å². The van der Waals surface area contributed by atoms with E-state index in [1.54, 1.807) is 18.4 Å². The van der Waals surface area contributed by atoms with Crippen molar-refractivity contribution < 1.29 is 9.84 Å². The van der Waals surface area contributed by atoms with E-state index in [4.69, 9.17) is 4.74 Å². The fourth-order valence-corrected chi connectivity index (χ4v) is 5.14. The summed E-state index contributed by atoms with van der Waals surface area (Å²) in [4.78, 5) is 5.30. The highest BCUT2D eigenvalue weighted by atomic mass is 32.1. The molecule has 3 atom stereocenters. The maximum Gasteiger partial charge on any atom is 0.191 e. The largest absolute Gasteiger partial charge is 0.386 e. The number of ether oxygens (including phenoxy) is 1. The third-order valence-corrected chi connectivity index (χ3v) is 7.06. The smallest absolute Gasteiger partial charge is 0.191 e. The summed E-state index contributed by atoms with van der Waals surface area (Å²) in [6.07, 6.45) is 1.72. The molecule has 3 N–H and O–H groups in total. The molecule has 0 saturated carbocycles. The van der Waals surface area contributed by atoms with Crippen LogP contribution in [0, 0.1) is 12.8 Å². The van der Waals surface area contributed by atoms with Gasteiger partial charge < -0.3 is 20.5 Å². The molecule has 1 saturated heterocycles. The van der Waals surface area contributed by atoms with E-state index in [0.717, 1.165) is 30.9 Å². The summed E-state index contributed by atoms with van der Waals surface area (Å²) in [7, 11) is 1.76. The van der Waals surface area contributed by atoms with Crippen molar-refractivity contribution in [2.75, 3.05) is 26.7 Å². The number of aliphatic hydroxyl groups is 1. The Labute approximate surface area is 188 Å². The Morgan fingerprint density at radius 2 is 2.00 bits per heavy atom. The highest BCUT2D eigenvalue weighted by molar-refractivity contribution is 7.19. The summed E-state index contributed by atoms with van der Waals surface area (Å²) < 4.78 is 7.32. The second-order valence-electron chi connectivity index (χ2n) is 8.14. The van der Waals surface area contributed by atoms with Crippen LogP contribution in [-0.4, -0.2) is 37.8 Å². The summed E-state index contributed by atoms with van der Waals surface area (Å²) in [5, 5.41) is 18.5. The van der Waals surface area contributed by atoms with E-state index in [-0.39, 0.29) is 6.10 Å². The van der Waals surface area contributed by atoms with Crippen molar-refractivity contribution in [3.8, 4) is 0 Å². The maximum atomic E-state index is 10.6. The molecule has 0 radical (unpaired) electrons. The zero-order chi connectivity index (χ0) is 21.6. The third-order valence-electron chi connectivity index (χ3n) is 5.84. The molecule has 1 aromatic heterocycles. The molecule has 4 rings (SSSR count). The average molecular weight is 438 g/mol. The first-order chi connectivity index (χ1) is 15.1. The third kappa shape index (κ3) is 5.45. The predicted octanol–water partition coefficient (Wildman–Crippen LogP) is 4.58. The first-order valence-electron chi connectivity index (χ1n) is 10.9. The number of aryl methyl sites for hydroxylation is 1. The van der Waals surface area contributed by atoms with E-state index in [0.29, 0.717) is 18.4 Å². The van der Waals surface area contributed by atoms with Crippen LogP contribution in [0.3, 0.4) is 0 Å². The molecule has 1 aliphatic rings. The van der Waals surface area contributed by atoms with Gasteiger partial charge in [0, 0.05) is 42.2 Å². The molecule has 3 aromatic rings. The number of guanidine groups is 1. The van der Waals surface area contributed by atoms with Crippen LogP contribution >= 0.6 is 11.3 Å². The molecular formula is C25H31N3O2S. The second-order valence-corrected chi connectivity index (χ2v) is 9.26. The fourth-order valence-electron chi connectivity index (χ4n) is 4.09. The van der Waals surface area contributed by atoms with Gasteiger partial charge in [-0.05, 0) is 42.8 Å². The number of aliphatic imine (C=N–C) groups is 1. The fraction of sp³-hybridized carbons (Fsp3) is 0.400. The zero-order valence-corrected chi connectivity index (χ0v) is 19.0. The lowest BCUT2D eigenvalue weighted by molar-refractivity contribution is -0.0265. The SMILES string of the molecule is CN=C(NCC(O)c1cc2ccccc2s1)NCC1CCCOC1c1ccc(C)cc1. The lowest BCUT2D eigenvalue weighted by Gasteiger charge is -2.32. The number of fused-ring (bicyclic) bond motifs is 1. The van der Waals surface area contributed by atoms with Crippen molar-refractivity contribution in [2.24, 2.45) is 10.9 Å². The molecule has 1 aliphatic heterocycles. The lowest BCUT2D eigenvalue weighted by atomic mass is 9.89. The van der Waals surface area contributed by atoms with Crippen molar-refractivity contribution in [1.82, 2.24) is 10.6 Å². The van der Waals surface area contributed by atoms with Gasteiger partial charge in [-0.3, -0.25) is 4.99 Å². The average Bonchev–Trinajstić information content (AvgIpc) is 3.24. The Kier molecular flexibility index (Phi) is 7.22. The molecule has 0 aliphatic carbocycles.